The fourth-order valence-corrected chi connectivity index (χ4v) is 4.75. The minimum atomic E-state index is -0.561. The Morgan fingerprint density at radius 3 is 2.59 bits per heavy atom. The SMILES string of the molecule is CN(C(=O)c1ccc(OCC2CC2)cn1)[C@H]1CCc2cc(-c3cccn3C(=O)OC(C)(C)C)ccc2C1. The first-order chi connectivity index (χ1) is 17.7. The Bertz CT molecular complexity index is 1280. The molecule has 2 aromatic heterocycles. The van der Waals surface area contributed by atoms with Crippen molar-refractivity contribution in [1.82, 2.24) is 14.5 Å². The zero-order valence-electron chi connectivity index (χ0n) is 22.1. The van der Waals surface area contributed by atoms with Crippen LogP contribution in [0.4, 0.5) is 4.79 Å². The largest absolute Gasteiger partial charge is 0.492 e. The number of hydrogen-bond acceptors (Lipinski definition) is 5. The van der Waals surface area contributed by atoms with Gasteiger partial charge in [-0.05, 0) is 106 Å². The van der Waals surface area contributed by atoms with Crippen molar-refractivity contribution >= 4 is 12.0 Å². The molecule has 2 heterocycles. The number of nitrogens with zero attached hydrogens (tertiary/aromatic N) is 3. The van der Waals surface area contributed by atoms with Crippen molar-refractivity contribution < 1.29 is 19.1 Å². The van der Waals surface area contributed by atoms with E-state index in [1.54, 1.807) is 23.0 Å². The minimum Gasteiger partial charge on any atom is -0.492 e. The first-order valence-corrected chi connectivity index (χ1v) is 13.1. The highest BCUT2D eigenvalue weighted by atomic mass is 16.6. The molecule has 7 heteroatoms. The van der Waals surface area contributed by atoms with Crippen LogP contribution in [0.2, 0.25) is 0 Å². The van der Waals surface area contributed by atoms with E-state index in [1.165, 1.54) is 24.0 Å². The zero-order valence-corrected chi connectivity index (χ0v) is 22.1. The third-order valence-corrected chi connectivity index (χ3v) is 7.05. The summed E-state index contributed by atoms with van der Waals surface area (Å²) in [5, 5.41) is 0. The van der Waals surface area contributed by atoms with Gasteiger partial charge in [0.2, 0.25) is 0 Å². The molecule has 1 fully saturated rings. The maximum absolute atomic E-state index is 13.1. The molecule has 0 bridgehead atoms. The first kappa shape index (κ1) is 25.1. The maximum atomic E-state index is 13.1. The normalized spacial score (nSPS) is 17.1. The van der Waals surface area contributed by atoms with Crippen molar-refractivity contribution in [2.24, 2.45) is 5.92 Å². The molecular formula is C30H35N3O4. The number of aryl methyl sites for hydroxylation is 1. The van der Waals surface area contributed by atoms with Gasteiger partial charge in [0.15, 0.2) is 0 Å². The van der Waals surface area contributed by atoms with Crippen LogP contribution in [0.1, 0.15) is 61.6 Å². The second-order valence-corrected chi connectivity index (χ2v) is 11.2. The van der Waals surface area contributed by atoms with Gasteiger partial charge in [-0.1, -0.05) is 12.1 Å². The van der Waals surface area contributed by atoms with Gasteiger partial charge in [0.05, 0.1) is 18.5 Å². The second kappa shape index (κ2) is 10.0. The standard InChI is InChI=1S/C30H35N3O4/c1-30(2,3)37-29(35)33-15-5-6-27(33)23-10-9-22-17-24(12-11-21(22)16-23)32(4)28(34)26-14-13-25(18-31-26)36-19-20-7-8-20/h5-6,9-10,13-16,18,20,24H,7-8,11-12,17,19H2,1-4H3/t24-/m0/s1. The van der Waals surface area contributed by atoms with E-state index in [4.69, 9.17) is 9.47 Å². The number of hydrogen-bond donors (Lipinski definition) is 0. The number of likely N-dealkylation sites (N-methyl/N-ethyl adjacent to an activating group) is 1. The van der Waals surface area contributed by atoms with E-state index < -0.39 is 5.60 Å². The Hall–Kier alpha value is -3.61. The molecule has 0 saturated heterocycles. The molecule has 37 heavy (non-hydrogen) atoms. The maximum Gasteiger partial charge on any atom is 0.418 e. The van der Waals surface area contributed by atoms with Gasteiger partial charge in [-0.2, -0.15) is 0 Å². The summed E-state index contributed by atoms with van der Waals surface area (Å²) < 4.78 is 12.9. The van der Waals surface area contributed by atoms with E-state index >= 15 is 0 Å². The van der Waals surface area contributed by atoms with Crippen LogP contribution < -0.4 is 4.74 Å². The van der Waals surface area contributed by atoms with Crippen molar-refractivity contribution in [3.05, 3.63) is 71.7 Å². The van der Waals surface area contributed by atoms with Gasteiger partial charge in [-0.25, -0.2) is 9.78 Å². The van der Waals surface area contributed by atoms with Gasteiger partial charge in [-0.15, -0.1) is 0 Å². The van der Waals surface area contributed by atoms with Crippen molar-refractivity contribution in [3.8, 4) is 17.0 Å². The Morgan fingerprint density at radius 2 is 1.89 bits per heavy atom. The number of carbonyl (C=O) groups excluding carboxylic acids is 2. The van der Waals surface area contributed by atoms with Crippen LogP contribution in [0.3, 0.4) is 0 Å². The predicted octanol–water partition coefficient (Wildman–Crippen LogP) is 5.75. The van der Waals surface area contributed by atoms with E-state index in [1.807, 2.05) is 57.0 Å². The van der Waals surface area contributed by atoms with Crippen molar-refractivity contribution in [2.75, 3.05) is 13.7 Å². The van der Waals surface area contributed by atoms with Crippen LogP contribution in [0, 0.1) is 5.92 Å². The Morgan fingerprint density at radius 1 is 1.08 bits per heavy atom. The first-order valence-electron chi connectivity index (χ1n) is 13.1. The second-order valence-electron chi connectivity index (χ2n) is 11.2. The predicted molar refractivity (Wildman–Crippen MR) is 142 cm³/mol. The molecule has 5 rings (SSSR count). The molecule has 7 nitrogen and oxygen atoms in total. The van der Waals surface area contributed by atoms with E-state index in [0.29, 0.717) is 17.4 Å². The molecule has 1 saturated carbocycles. The van der Waals surface area contributed by atoms with Crippen molar-refractivity contribution in [1.29, 1.82) is 0 Å². The number of rotatable bonds is 6. The van der Waals surface area contributed by atoms with Crippen LogP contribution in [-0.4, -0.2) is 51.7 Å². The van der Waals surface area contributed by atoms with Gasteiger partial charge in [-0.3, -0.25) is 9.36 Å². The molecular weight excluding hydrogens is 466 g/mol. The average molecular weight is 502 g/mol. The van der Waals surface area contributed by atoms with E-state index in [-0.39, 0.29) is 18.0 Å². The quantitative estimate of drug-likeness (QED) is 0.430. The highest BCUT2D eigenvalue weighted by Crippen LogP contribution is 2.31. The summed E-state index contributed by atoms with van der Waals surface area (Å²) in [5.74, 6) is 1.31. The average Bonchev–Trinajstić information content (AvgIpc) is 3.58. The van der Waals surface area contributed by atoms with Gasteiger partial charge in [0.1, 0.15) is 17.0 Å². The number of pyridine rings is 1. The lowest BCUT2D eigenvalue weighted by molar-refractivity contribution is 0.0539. The number of aromatic nitrogens is 2. The molecule has 3 aromatic rings. The van der Waals surface area contributed by atoms with E-state index in [9.17, 15) is 9.59 Å². The third kappa shape index (κ3) is 5.87. The lowest BCUT2D eigenvalue weighted by Crippen LogP contribution is -2.41. The zero-order chi connectivity index (χ0) is 26.2. The lowest BCUT2D eigenvalue weighted by atomic mass is 9.86. The molecule has 0 N–H and O–H groups in total. The van der Waals surface area contributed by atoms with Crippen LogP contribution in [0.15, 0.2) is 54.9 Å². The number of carbonyl (C=O) groups is 2. The van der Waals surface area contributed by atoms with Gasteiger partial charge in [0, 0.05) is 19.3 Å². The van der Waals surface area contributed by atoms with Crippen LogP contribution >= 0.6 is 0 Å². The molecule has 1 aromatic carbocycles. The van der Waals surface area contributed by atoms with E-state index in [0.717, 1.165) is 37.1 Å². The lowest BCUT2D eigenvalue weighted by Gasteiger charge is -2.32. The Kier molecular flexibility index (Phi) is 6.80. The molecule has 2 aliphatic rings. The highest BCUT2D eigenvalue weighted by Gasteiger charge is 2.27. The summed E-state index contributed by atoms with van der Waals surface area (Å²) in [7, 11) is 1.86. The number of benzene rings is 1. The summed E-state index contributed by atoms with van der Waals surface area (Å²) in [6.45, 7) is 6.31. The third-order valence-electron chi connectivity index (χ3n) is 7.05. The smallest absolute Gasteiger partial charge is 0.418 e. The fourth-order valence-electron chi connectivity index (χ4n) is 4.75. The van der Waals surface area contributed by atoms with Crippen LogP contribution in [-0.2, 0) is 17.6 Å². The minimum absolute atomic E-state index is 0.0750. The van der Waals surface area contributed by atoms with Gasteiger partial charge < -0.3 is 14.4 Å². The summed E-state index contributed by atoms with van der Waals surface area (Å²) in [4.78, 5) is 32.0. The Balaban J connectivity index is 1.25. The van der Waals surface area contributed by atoms with Gasteiger partial charge >= 0.3 is 6.09 Å². The fraction of sp³-hybridized carbons (Fsp3) is 0.433. The molecule has 1 amide bonds. The molecule has 0 aliphatic heterocycles. The Labute approximate surface area is 218 Å². The van der Waals surface area contributed by atoms with E-state index in [2.05, 4.69) is 17.1 Å². The molecule has 1 atom stereocenters. The topological polar surface area (TPSA) is 73.7 Å². The molecule has 0 spiro atoms. The summed E-state index contributed by atoms with van der Waals surface area (Å²) in [5.41, 5.74) is 4.14. The molecule has 2 aliphatic carbocycles. The monoisotopic (exact) mass is 501 g/mol. The number of amides is 1. The van der Waals surface area contributed by atoms with Crippen LogP contribution in [0.25, 0.3) is 11.3 Å². The summed E-state index contributed by atoms with van der Waals surface area (Å²) in [6, 6.07) is 13.8. The molecule has 0 unspecified atom stereocenters. The van der Waals surface area contributed by atoms with Gasteiger partial charge in [0.25, 0.3) is 5.91 Å². The molecule has 0 radical (unpaired) electrons. The molecule has 194 valence electrons. The van der Waals surface area contributed by atoms with Crippen molar-refractivity contribution in [2.45, 2.75) is 64.5 Å². The number of fused-ring (bicyclic) bond motifs is 1. The summed E-state index contributed by atoms with van der Waals surface area (Å²) >= 11 is 0. The van der Waals surface area contributed by atoms with Crippen LogP contribution in [0.5, 0.6) is 5.75 Å². The highest BCUT2D eigenvalue weighted by molar-refractivity contribution is 5.92. The van der Waals surface area contributed by atoms with Crippen molar-refractivity contribution in [3.63, 3.8) is 0 Å². The number of ether oxygens (including phenoxy) is 2. The summed E-state index contributed by atoms with van der Waals surface area (Å²) in [6.07, 6.45) is 7.98.